The largest absolute Gasteiger partial charge is 0.369 e. The summed E-state index contributed by atoms with van der Waals surface area (Å²) in [7, 11) is 0. The first-order valence-electron chi connectivity index (χ1n) is 7.43. The summed E-state index contributed by atoms with van der Waals surface area (Å²) in [4.78, 5) is 2.52. The average molecular weight is 266 g/mol. The van der Waals surface area contributed by atoms with Crippen molar-refractivity contribution < 1.29 is 0 Å². The Bertz CT molecular complexity index is 550. The number of nitrogens with one attached hydrogen (secondary N) is 1. The molecule has 0 saturated heterocycles. The first-order chi connectivity index (χ1) is 9.84. The fourth-order valence-corrected chi connectivity index (χ4v) is 2.93. The van der Waals surface area contributed by atoms with Crippen molar-refractivity contribution in [1.82, 2.24) is 5.32 Å². The van der Waals surface area contributed by atoms with Gasteiger partial charge in [-0.15, -0.1) is 0 Å². The normalized spacial score (nSPS) is 16.4. The number of nitrogens with zero attached hydrogens (tertiary/aromatic N) is 1. The Hall–Kier alpha value is -1.80. The molecule has 2 aromatic rings. The summed E-state index contributed by atoms with van der Waals surface area (Å²) in [6.45, 7) is 6.50. The number of rotatable bonds is 3. The molecule has 1 unspecified atom stereocenters. The van der Waals surface area contributed by atoms with Gasteiger partial charge in [0.05, 0.1) is 0 Å². The van der Waals surface area contributed by atoms with Crippen LogP contribution in [0.5, 0.6) is 0 Å². The number of anilines is 1. The highest BCUT2D eigenvalue weighted by atomic mass is 15.2. The third kappa shape index (κ3) is 2.86. The zero-order valence-electron chi connectivity index (χ0n) is 12.0. The van der Waals surface area contributed by atoms with E-state index in [1.165, 1.54) is 16.8 Å². The summed E-state index contributed by atoms with van der Waals surface area (Å²) in [6, 6.07) is 19.6. The van der Waals surface area contributed by atoms with E-state index in [1.807, 2.05) is 0 Å². The van der Waals surface area contributed by atoms with E-state index in [0.29, 0.717) is 5.92 Å². The molecule has 104 valence electrons. The lowest BCUT2D eigenvalue weighted by Crippen LogP contribution is -2.32. The van der Waals surface area contributed by atoms with Gasteiger partial charge in [-0.3, -0.25) is 0 Å². The van der Waals surface area contributed by atoms with Gasteiger partial charge in [0, 0.05) is 31.9 Å². The summed E-state index contributed by atoms with van der Waals surface area (Å²) in [5.74, 6) is 0.544. The molecule has 1 heterocycles. The van der Waals surface area contributed by atoms with E-state index < -0.39 is 0 Å². The van der Waals surface area contributed by atoms with Gasteiger partial charge in [0.1, 0.15) is 0 Å². The van der Waals surface area contributed by atoms with Crippen LogP contribution in [0.15, 0.2) is 54.6 Å². The number of hydrogen-bond acceptors (Lipinski definition) is 2. The molecule has 0 bridgehead atoms. The van der Waals surface area contributed by atoms with Gasteiger partial charge in [-0.05, 0) is 23.1 Å². The van der Waals surface area contributed by atoms with E-state index >= 15 is 0 Å². The summed E-state index contributed by atoms with van der Waals surface area (Å²) in [6.07, 6.45) is 0. The maximum absolute atomic E-state index is 3.50. The van der Waals surface area contributed by atoms with Crippen LogP contribution in [0.2, 0.25) is 0 Å². The lowest BCUT2D eigenvalue weighted by molar-refractivity contribution is 0.655. The van der Waals surface area contributed by atoms with Gasteiger partial charge in [-0.1, -0.05) is 55.5 Å². The summed E-state index contributed by atoms with van der Waals surface area (Å²) in [5.41, 5.74) is 4.22. The monoisotopic (exact) mass is 266 g/mol. The predicted molar refractivity (Wildman–Crippen MR) is 85.2 cm³/mol. The van der Waals surface area contributed by atoms with E-state index in [9.17, 15) is 0 Å². The molecular formula is C18H22N2. The molecule has 2 aromatic carbocycles. The SMILES string of the molecule is CC(CN1CCNCc2ccccc21)c1ccccc1. The molecule has 0 fully saturated rings. The lowest BCUT2D eigenvalue weighted by atomic mass is 10.00. The topological polar surface area (TPSA) is 15.3 Å². The zero-order chi connectivity index (χ0) is 13.8. The number of hydrogen-bond donors (Lipinski definition) is 1. The number of benzene rings is 2. The minimum absolute atomic E-state index is 0.544. The fraction of sp³-hybridized carbons (Fsp3) is 0.333. The van der Waals surface area contributed by atoms with Crippen LogP contribution in [0, 0.1) is 0 Å². The summed E-state index contributed by atoms with van der Waals surface area (Å²) < 4.78 is 0. The van der Waals surface area contributed by atoms with E-state index in [2.05, 4.69) is 71.7 Å². The van der Waals surface area contributed by atoms with E-state index in [4.69, 9.17) is 0 Å². The maximum atomic E-state index is 3.50. The summed E-state index contributed by atoms with van der Waals surface area (Å²) >= 11 is 0. The molecule has 0 aromatic heterocycles. The second-order valence-electron chi connectivity index (χ2n) is 5.56. The minimum Gasteiger partial charge on any atom is -0.369 e. The molecule has 0 aliphatic carbocycles. The Kier molecular flexibility index (Phi) is 4.03. The highest BCUT2D eigenvalue weighted by molar-refractivity contribution is 5.54. The van der Waals surface area contributed by atoms with Crippen molar-refractivity contribution in [3.05, 3.63) is 65.7 Å². The molecule has 0 saturated carbocycles. The molecule has 1 N–H and O–H groups in total. The molecule has 1 atom stereocenters. The fourth-order valence-electron chi connectivity index (χ4n) is 2.93. The first-order valence-corrected chi connectivity index (χ1v) is 7.43. The molecule has 0 radical (unpaired) electrons. The molecule has 2 nitrogen and oxygen atoms in total. The van der Waals surface area contributed by atoms with E-state index in [0.717, 1.165) is 26.2 Å². The van der Waals surface area contributed by atoms with E-state index in [-0.39, 0.29) is 0 Å². The van der Waals surface area contributed by atoms with Crippen LogP contribution in [0.25, 0.3) is 0 Å². The van der Waals surface area contributed by atoms with Crippen molar-refractivity contribution in [2.24, 2.45) is 0 Å². The zero-order valence-corrected chi connectivity index (χ0v) is 12.0. The van der Waals surface area contributed by atoms with Crippen LogP contribution in [0.3, 0.4) is 0 Å². The van der Waals surface area contributed by atoms with Gasteiger partial charge < -0.3 is 10.2 Å². The van der Waals surface area contributed by atoms with Crippen LogP contribution in [-0.2, 0) is 6.54 Å². The highest BCUT2D eigenvalue weighted by Crippen LogP contribution is 2.25. The Balaban J connectivity index is 1.80. The van der Waals surface area contributed by atoms with Gasteiger partial charge in [-0.2, -0.15) is 0 Å². The molecule has 2 heteroatoms. The Labute approximate surface area is 121 Å². The molecule has 1 aliphatic rings. The highest BCUT2D eigenvalue weighted by Gasteiger charge is 2.17. The molecule has 1 aliphatic heterocycles. The van der Waals surface area contributed by atoms with Crippen LogP contribution < -0.4 is 10.2 Å². The number of fused-ring (bicyclic) bond motifs is 1. The Morgan fingerprint density at radius 3 is 2.65 bits per heavy atom. The third-order valence-electron chi connectivity index (χ3n) is 4.07. The number of para-hydroxylation sites is 1. The van der Waals surface area contributed by atoms with Crippen molar-refractivity contribution in [2.75, 3.05) is 24.5 Å². The third-order valence-corrected chi connectivity index (χ3v) is 4.07. The predicted octanol–water partition coefficient (Wildman–Crippen LogP) is 3.40. The van der Waals surface area contributed by atoms with Crippen molar-refractivity contribution in [1.29, 1.82) is 0 Å². The van der Waals surface area contributed by atoms with Crippen molar-refractivity contribution >= 4 is 5.69 Å². The van der Waals surface area contributed by atoms with Gasteiger partial charge in [0.2, 0.25) is 0 Å². The second-order valence-corrected chi connectivity index (χ2v) is 5.56. The first kappa shape index (κ1) is 13.2. The Morgan fingerprint density at radius 1 is 1.05 bits per heavy atom. The smallest absolute Gasteiger partial charge is 0.0412 e. The van der Waals surface area contributed by atoms with Crippen LogP contribution in [0.4, 0.5) is 5.69 Å². The molecule has 0 amide bonds. The van der Waals surface area contributed by atoms with Gasteiger partial charge in [0.25, 0.3) is 0 Å². The van der Waals surface area contributed by atoms with Gasteiger partial charge >= 0.3 is 0 Å². The standard InChI is InChI=1S/C18H22N2/c1-15(16-7-3-2-4-8-16)14-20-12-11-19-13-17-9-5-6-10-18(17)20/h2-10,15,19H,11-14H2,1H3. The van der Waals surface area contributed by atoms with Gasteiger partial charge in [-0.25, -0.2) is 0 Å². The van der Waals surface area contributed by atoms with E-state index in [1.54, 1.807) is 0 Å². The molecule has 3 rings (SSSR count). The van der Waals surface area contributed by atoms with Crippen molar-refractivity contribution in [3.8, 4) is 0 Å². The second kappa shape index (κ2) is 6.10. The summed E-state index contributed by atoms with van der Waals surface area (Å²) in [5, 5.41) is 3.50. The van der Waals surface area contributed by atoms with Crippen molar-refractivity contribution in [3.63, 3.8) is 0 Å². The minimum atomic E-state index is 0.544. The maximum Gasteiger partial charge on any atom is 0.0412 e. The van der Waals surface area contributed by atoms with Crippen LogP contribution in [-0.4, -0.2) is 19.6 Å². The molecule has 0 spiro atoms. The molecular weight excluding hydrogens is 244 g/mol. The average Bonchev–Trinajstić information content (AvgIpc) is 2.71. The quantitative estimate of drug-likeness (QED) is 0.916. The van der Waals surface area contributed by atoms with Crippen LogP contribution >= 0.6 is 0 Å². The molecule has 20 heavy (non-hydrogen) atoms. The Morgan fingerprint density at radius 2 is 1.80 bits per heavy atom. The van der Waals surface area contributed by atoms with Gasteiger partial charge in [0.15, 0.2) is 0 Å². The van der Waals surface area contributed by atoms with Crippen molar-refractivity contribution in [2.45, 2.75) is 19.4 Å². The lowest BCUT2D eigenvalue weighted by Gasteiger charge is -2.28. The van der Waals surface area contributed by atoms with Crippen LogP contribution in [0.1, 0.15) is 24.0 Å².